The molecular weight excluding hydrogens is 396 g/mol. The molecule has 5 rings (SSSR count). The van der Waals surface area contributed by atoms with Gasteiger partial charge in [0.1, 0.15) is 0 Å². The minimum absolute atomic E-state index is 0.0125. The van der Waals surface area contributed by atoms with Gasteiger partial charge in [0.15, 0.2) is 0 Å². The van der Waals surface area contributed by atoms with Crippen molar-refractivity contribution in [2.45, 2.75) is 76.4 Å². The second-order valence-corrected chi connectivity index (χ2v) is 15.7. The number of benzene rings is 2. The lowest BCUT2D eigenvalue weighted by Gasteiger charge is -2.67. The topological polar surface area (TPSA) is 29.5 Å². The van der Waals surface area contributed by atoms with Gasteiger partial charge in [0.25, 0.3) is 8.32 Å². The molecule has 0 heterocycles. The van der Waals surface area contributed by atoms with E-state index in [9.17, 15) is 5.11 Å². The fourth-order valence-corrected chi connectivity index (χ4v) is 12.4. The molecule has 1 spiro atoms. The van der Waals surface area contributed by atoms with Crippen molar-refractivity contribution in [1.82, 2.24) is 0 Å². The summed E-state index contributed by atoms with van der Waals surface area (Å²) in [5, 5.41) is 14.6. The van der Waals surface area contributed by atoms with Crippen molar-refractivity contribution in [1.29, 1.82) is 0 Å². The zero-order chi connectivity index (χ0) is 21.7. The summed E-state index contributed by atoms with van der Waals surface area (Å²) in [4.78, 5) is 0. The molecule has 0 aliphatic heterocycles. The quantitative estimate of drug-likeness (QED) is 0.649. The highest BCUT2D eigenvalue weighted by atomic mass is 28.4. The molecule has 31 heavy (non-hydrogen) atoms. The van der Waals surface area contributed by atoms with Crippen LogP contribution < -0.4 is 10.4 Å². The maximum absolute atomic E-state index is 11.9. The van der Waals surface area contributed by atoms with Crippen LogP contribution in [0.25, 0.3) is 0 Å². The Hall–Kier alpha value is -1.42. The molecule has 4 atom stereocenters. The minimum atomic E-state index is -2.54. The monoisotopic (exact) mass is 434 g/mol. The minimum Gasteiger partial charge on any atom is -0.407 e. The summed E-state index contributed by atoms with van der Waals surface area (Å²) in [6.07, 6.45) is 8.44. The maximum atomic E-state index is 11.9. The molecule has 0 saturated heterocycles. The van der Waals surface area contributed by atoms with Gasteiger partial charge in [-0.2, -0.15) is 0 Å². The van der Waals surface area contributed by atoms with E-state index in [-0.39, 0.29) is 16.4 Å². The lowest BCUT2D eigenvalue weighted by atomic mass is 9.41. The lowest BCUT2D eigenvalue weighted by Crippen LogP contribution is -2.73. The Bertz CT molecular complexity index is 866. The zero-order valence-electron chi connectivity index (χ0n) is 19.4. The Kier molecular flexibility index (Phi) is 5.23. The Morgan fingerprint density at radius 1 is 0.871 bits per heavy atom. The van der Waals surface area contributed by atoms with Gasteiger partial charge in [-0.25, -0.2) is 0 Å². The van der Waals surface area contributed by atoms with E-state index < -0.39 is 13.9 Å². The van der Waals surface area contributed by atoms with Gasteiger partial charge >= 0.3 is 0 Å². The van der Waals surface area contributed by atoms with Crippen molar-refractivity contribution in [3.63, 3.8) is 0 Å². The van der Waals surface area contributed by atoms with Gasteiger partial charge in [0.2, 0.25) is 0 Å². The molecule has 3 aliphatic rings. The Labute approximate surface area is 189 Å². The van der Waals surface area contributed by atoms with E-state index >= 15 is 0 Å². The van der Waals surface area contributed by atoms with Gasteiger partial charge in [0.05, 0.1) is 5.60 Å². The summed E-state index contributed by atoms with van der Waals surface area (Å²) >= 11 is 0. The SMILES string of the molecule is CC(C)(C)[Si](OC[C@H]1[C@H]2CCC[C@@]23CCCC[C@@]13O)(c1ccccc1)c1ccccc1. The van der Waals surface area contributed by atoms with Gasteiger partial charge < -0.3 is 9.53 Å². The standard InChI is InChI=1S/C28H38O2Si/c1-26(2,3)31(22-13-6-4-7-14-22,23-15-8-5-9-16-23)30-21-25-24-17-12-19-27(24)18-10-11-20-28(25,27)29/h4-9,13-16,24-25,29H,10-12,17-21H2,1-3H3/t24-,25+,27+,28-/m1/s1. The van der Waals surface area contributed by atoms with E-state index in [1.165, 1.54) is 48.9 Å². The van der Waals surface area contributed by atoms with Crippen molar-refractivity contribution >= 4 is 18.7 Å². The van der Waals surface area contributed by atoms with Crippen LogP contribution in [0.2, 0.25) is 5.04 Å². The summed E-state index contributed by atoms with van der Waals surface area (Å²) in [7, 11) is -2.54. The molecule has 2 aromatic carbocycles. The van der Waals surface area contributed by atoms with E-state index in [1.54, 1.807) is 0 Å². The molecule has 0 bridgehead atoms. The number of hydrogen-bond acceptors (Lipinski definition) is 2. The third kappa shape index (κ3) is 2.96. The van der Waals surface area contributed by atoms with Gasteiger partial charge in [-0.05, 0) is 47.0 Å². The number of aliphatic hydroxyl groups is 1. The van der Waals surface area contributed by atoms with Crippen molar-refractivity contribution in [2.75, 3.05) is 6.61 Å². The highest BCUT2D eigenvalue weighted by Gasteiger charge is 2.72. The Morgan fingerprint density at radius 2 is 1.42 bits per heavy atom. The predicted molar refractivity (Wildman–Crippen MR) is 130 cm³/mol. The summed E-state index contributed by atoms with van der Waals surface area (Å²) in [5.74, 6) is 0.938. The van der Waals surface area contributed by atoms with E-state index in [4.69, 9.17) is 4.43 Å². The van der Waals surface area contributed by atoms with Crippen LogP contribution in [0.15, 0.2) is 60.7 Å². The Morgan fingerprint density at radius 3 is 2.00 bits per heavy atom. The van der Waals surface area contributed by atoms with Crippen molar-refractivity contribution in [2.24, 2.45) is 17.3 Å². The first-order valence-corrected chi connectivity index (χ1v) is 14.2. The molecule has 0 radical (unpaired) electrons. The van der Waals surface area contributed by atoms with Gasteiger partial charge in [-0.3, -0.25) is 0 Å². The van der Waals surface area contributed by atoms with Gasteiger partial charge in [0, 0.05) is 17.9 Å². The molecule has 2 aromatic rings. The number of rotatable bonds is 5. The summed E-state index contributed by atoms with van der Waals surface area (Å²) in [6, 6.07) is 21.8. The molecule has 0 unspecified atom stereocenters. The zero-order valence-corrected chi connectivity index (χ0v) is 20.4. The highest BCUT2D eigenvalue weighted by molar-refractivity contribution is 6.99. The third-order valence-electron chi connectivity index (χ3n) is 9.14. The summed E-state index contributed by atoms with van der Waals surface area (Å²) < 4.78 is 7.27. The van der Waals surface area contributed by atoms with Crippen LogP contribution in [-0.4, -0.2) is 25.6 Å². The molecule has 2 nitrogen and oxygen atoms in total. The molecule has 3 heteroatoms. The van der Waals surface area contributed by atoms with Crippen LogP contribution in [0.1, 0.15) is 65.7 Å². The molecular formula is C28H38O2Si. The third-order valence-corrected chi connectivity index (χ3v) is 14.1. The smallest absolute Gasteiger partial charge is 0.261 e. The van der Waals surface area contributed by atoms with E-state index in [2.05, 4.69) is 81.4 Å². The first kappa shape index (κ1) is 21.4. The average molecular weight is 435 g/mol. The van der Waals surface area contributed by atoms with E-state index in [0.717, 1.165) is 6.42 Å². The summed E-state index contributed by atoms with van der Waals surface area (Å²) in [6.45, 7) is 7.72. The second kappa shape index (κ2) is 7.57. The molecule has 166 valence electrons. The van der Waals surface area contributed by atoms with E-state index in [1.807, 2.05) is 0 Å². The van der Waals surface area contributed by atoms with Crippen LogP contribution >= 0.6 is 0 Å². The normalized spacial score (nSPS) is 32.8. The van der Waals surface area contributed by atoms with Crippen LogP contribution in [0.3, 0.4) is 0 Å². The molecule has 3 aliphatic carbocycles. The fraction of sp³-hybridized carbons (Fsp3) is 0.571. The first-order chi connectivity index (χ1) is 14.9. The van der Waals surface area contributed by atoms with Crippen LogP contribution in [0, 0.1) is 17.3 Å². The molecule has 0 aromatic heterocycles. The van der Waals surface area contributed by atoms with Gasteiger partial charge in [-0.15, -0.1) is 0 Å². The van der Waals surface area contributed by atoms with Crippen molar-refractivity contribution in [3.8, 4) is 0 Å². The van der Waals surface area contributed by atoms with Crippen molar-refractivity contribution in [3.05, 3.63) is 60.7 Å². The van der Waals surface area contributed by atoms with Crippen LogP contribution in [0.4, 0.5) is 0 Å². The molecule has 0 amide bonds. The molecule has 1 N–H and O–H groups in total. The van der Waals surface area contributed by atoms with Crippen molar-refractivity contribution < 1.29 is 9.53 Å². The fourth-order valence-electron chi connectivity index (χ4n) is 7.86. The Balaban J connectivity index is 1.53. The van der Waals surface area contributed by atoms with Crippen LogP contribution in [0.5, 0.6) is 0 Å². The van der Waals surface area contributed by atoms with Crippen LogP contribution in [-0.2, 0) is 4.43 Å². The maximum Gasteiger partial charge on any atom is 0.261 e. The predicted octanol–water partition coefficient (Wildman–Crippen LogP) is 5.28. The lowest BCUT2D eigenvalue weighted by molar-refractivity contribution is -0.277. The highest BCUT2D eigenvalue weighted by Crippen LogP contribution is 2.71. The molecule has 3 fully saturated rings. The van der Waals surface area contributed by atoms with Gasteiger partial charge in [-0.1, -0.05) is 101 Å². The average Bonchev–Trinajstić information content (AvgIpc) is 3.13. The molecule has 3 saturated carbocycles. The summed E-state index contributed by atoms with van der Waals surface area (Å²) in [5.41, 5.74) is -0.303. The first-order valence-electron chi connectivity index (χ1n) is 12.3. The largest absolute Gasteiger partial charge is 0.407 e. The van der Waals surface area contributed by atoms with E-state index in [0.29, 0.717) is 12.5 Å². The second-order valence-electron chi connectivity index (χ2n) is 11.4. The number of hydrogen-bond donors (Lipinski definition) is 1.